The second kappa shape index (κ2) is 16.5. The Bertz CT molecular complexity index is 1090. The van der Waals surface area contributed by atoms with Crippen molar-refractivity contribution in [2.75, 3.05) is 0 Å². The van der Waals surface area contributed by atoms with Gasteiger partial charge >= 0.3 is 0 Å². The molecule has 0 N–H and O–H groups in total. The van der Waals surface area contributed by atoms with Crippen molar-refractivity contribution < 1.29 is 0 Å². The maximum Gasteiger partial charge on any atom is -0.0118 e. The van der Waals surface area contributed by atoms with E-state index in [4.69, 9.17) is 0 Å². The molecule has 0 saturated heterocycles. The summed E-state index contributed by atoms with van der Waals surface area (Å²) >= 11 is 0. The molecule has 0 aromatic heterocycles. The summed E-state index contributed by atoms with van der Waals surface area (Å²) in [6, 6.07) is 0. The summed E-state index contributed by atoms with van der Waals surface area (Å²) in [4.78, 5) is 0. The van der Waals surface area contributed by atoms with Crippen LogP contribution in [0.3, 0.4) is 0 Å². The number of allylic oxidation sites excluding steroid dienone is 3. The summed E-state index contributed by atoms with van der Waals surface area (Å²) < 4.78 is 0. The summed E-state index contributed by atoms with van der Waals surface area (Å²) in [6.45, 7) is 44.8. The molecule has 0 heterocycles. The first-order valence-electron chi connectivity index (χ1n) is 22.5. The number of hydrogen-bond acceptors (Lipinski definition) is 0. The van der Waals surface area contributed by atoms with E-state index in [0.717, 1.165) is 23.7 Å². The first-order chi connectivity index (χ1) is 23.2. The highest BCUT2D eigenvalue weighted by atomic mass is 14.7. The first kappa shape index (κ1) is 43.9. The number of rotatable bonds is 24. The molecule has 7 atom stereocenters. The molecule has 3 rings (SSSR count). The van der Waals surface area contributed by atoms with Gasteiger partial charge in [0.2, 0.25) is 0 Å². The predicted molar refractivity (Wildman–Crippen MR) is 225 cm³/mol. The Morgan fingerprint density at radius 2 is 1.38 bits per heavy atom. The standard InChI is InChI=1S/C50H92/c1-18-26-47(21-4,22-5)36-46(17,50(23-6,24-7)40(13)38(10)11)35-44(14,15)28-29-48(27-25-37(8)9)30-41(31-48)32-49(39(12)19-2)34-43(49)42-33-45(42,16)20-3/h18-19,26,37-43H,2,20-25,27-36H2,1,3-17H3. The van der Waals surface area contributed by atoms with Crippen LogP contribution in [0.2, 0.25) is 0 Å². The molecule has 0 amide bonds. The average molecular weight is 693 g/mol. The van der Waals surface area contributed by atoms with E-state index < -0.39 is 0 Å². The largest absolute Gasteiger partial charge is 0.103 e. The molecule has 50 heavy (non-hydrogen) atoms. The molecule has 0 spiro atoms. The fraction of sp³-hybridized carbons (Fsp3) is 0.920. The lowest BCUT2D eigenvalue weighted by Gasteiger charge is -2.59. The third-order valence-corrected chi connectivity index (χ3v) is 17.7. The molecule has 0 aromatic carbocycles. The lowest BCUT2D eigenvalue weighted by atomic mass is 9.46. The Hall–Kier alpha value is -0.520. The van der Waals surface area contributed by atoms with Gasteiger partial charge in [-0.15, -0.1) is 6.58 Å². The van der Waals surface area contributed by atoms with E-state index >= 15 is 0 Å². The fourth-order valence-electron chi connectivity index (χ4n) is 13.5. The van der Waals surface area contributed by atoms with E-state index in [1.165, 1.54) is 103 Å². The van der Waals surface area contributed by atoms with Gasteiger partial charge in [-0.1, -0.05) is 135 Å². The van der Waals surface area contributed by atoms with Gasteiger partial charge in [0.1, 0.15) is 0 Å². The molecule has 292 valence electrons. The van der Waals surface area contributed by atoms with Crippen molar-refractivity contribution in [2.45, 2.75) is 214 Å². The van der Waals surface area contributed by atoms with E-state index in [2.05, 4.69) is 136 Å². The van der Waals surface area contributed by atoms with Crippen molar-refractivity contribution in [1.82, 2.24) is 0 Å². The lowest BCUT2D eigenvalue weighted by Crippen LogP contribution is -2.50. The molecule has 0 nitrogen and oxygen atoms in total. The highest BCUT2D eigenvalue weighted by Crippen LogP contribution is 2.76. The highest BCUT2D eigenvalue weighted by Gasteiger charge is 2.68. The Balaban J connectivity index is 1.86. The Labute approximate surface area is 316 Å². The smallest absolute Gasteiger partial charge is 0.0118 e. The summed E-state index contributed by atoms with van der Waals surface area (Å²) in [5.41, 5.74) is 3.02. The van der Waals surface area contributed by atoms with E-state index in [1.807, 2.05) is 0 Å². The maximum absolute atomic E-state index is 4.34. The molecule has 0 radical (unpaired) electrons. The minimum Gasteiger partial charge on any atom is -0.103 e. The molecule has 7 unspecified atom stereocenters. The fourth-order valence-corrected chi connectivity index (χ4v) is 13.5. The second-order valence-corrected chi connectivity index (χ2v) is 21.8. The van der Waals surface area contributed by atoms with Crippen LogP contribution in [0.5, 0.6) is 0 Å². The summed E-state index contributed by atoms with van der Waals surface area (Å²) in [7, 11) is 0. The van der Waals surface area contributed by atoms with Crippen molar-refractivity contribution in [3.8, 4) is 0 Å². The van der Waals surface area contributed by atoms with Gasteiger partial charge in [0.15, 0.2) is 0 Å². The van der Waals surface area contributed by atoms with Gasteiger partial charge in [0.25, 0.3) is 0 Å². The zero-order valence-electron chi connectivity index (χ0n) is 37.3. The molecular weight excluding hydrogens is 601 g/mol. The van der Waals surface area contributed by atoms with Gasteiger partial charge in [0.05, 0.1) is 0 Å². The van der Waals surface area contributed by atoms with Gasteiger partial charge in [-0.3, -0.25) is 0 Å². The monoisotopic (exact) mass is 693 g/mol. The molecule has 3 fully saturated rings. The Morgan fingerprint density at radius 3 is 1.82 bits per heavy atom. The maximum atomic E-state index is 4.34. The van der Waals surface area contributed by atoms with Crippen LogP contribution in [0.4, 0.5) is 0 Å². The lowest BCUT2D eigenvalue weighted by molar-refractivity contribution is -0.0874. The van der Waals surface area contributed by atoms with E-state index in [0.29, 0.717) is 50.2 Å². The van der Waals surface area contributed by atoms with Crippen LogP contribution in [0.1, 0.15) is 214 Å². The first-order valence-corrected chi connectivity index (χ1v) is 22.5. The van der Waals surface area contributed by atoms with Crippen LogP contribution in [-0.4, -0.2) is 0 Å². The van der Waals surface area contributed by atoms with Crippen LogP contribution in [0, 0.1) is 79.3 Å². The van der Waals surface area contributed by atoms with Crippen LogP contribution in [0.15, 0.2) is 24.8 Å². The van der Waals surface area contributed by atoms with Crippen molar-refractivity contribution >= 4 is 0 Å². The van der Waals surface area contributed by atoms with Crippen molar-refractivity contribution in [3.63, 3.8) is 0 Å². The quantitative estimate of drug-likeness (QED) is 0.0883. The predicted octanol–water partition coefficient (Wildman–Crippen LogP) is 16.5. The normalized spacial score (nSPS) is 32.6. The Morgan fingerprint density at radius 1 is 0.780 bits per heavy atom. The van der Waals surface area contributed by atoms with Crippen LogP contribution in [0.25, 0.3) is 0 Å². The Kier molecular flexibility index (Phi) is 14.4. The third kappa shape index (κ3) is 8.88. The molecule has 0 aliphatic heterocycles. The summed E-state index contributed by atoms with van der Waals surface area (Å²) in [6.07, 6.45) is 29.5. The third-order valence-electron chi connectivity index (χ3n) is 17.7. The zero-order valence-corrected chi connectivity index (χ0v) is 37.3. The van der Waals surface area contributed by atoms with Gasteiger partial charge in [0, 0.05) is 0 Å². The van der Waals surface area contributed by atoms with Crippen LogP contribution < -0.4 is 0 Å². The average Bonchev–Trinajstić information content (AvgIpc) is 3.95. The van der Waals surface area contributed by atoms with Crippen molar-refractivity contribution in [1.29, 1.82) is 0 Å². The minimum absolute atomic E-state index is 0.284. The summed E-state index contributed by atoms with van der Waals surface area (Å²) in [5, 5.41) is 0. The van der Waals surface area contributed by atoms with Crippen LogP contribution in [-0.2, 0) is 0 Å². The highest BCUT2D eigenvalue weighted by molar-refractivity contribution is 5.19. The molecule has 0 bridgehead atoms. The topological polar surface area (TPSA) is 0 Å². The molecule has 0 aromatic rings. The van der Waals surface area contributed by atoms with E-state index in [1.54, 1.807) is 0 Å². The van der Waals surface area contributed by atoms with Gasteiger partial charge in [-0.05, 0) is 176 Å². The van der Waals surface area contributed by atoms with Gasteiger partial charge in [-0.25, -0.2) is 0 Å². The molecule has 0 heteroatoms. The van der Waals surface area contributed by atoms with Crippen molar-refractivity contribution in [2.24, 2.45) is 79.3 Å². The van der Waals surface area contributed by atoms with E-state index in [-0.39, 0.29) is 5.41 Å². The number of hydrogen-bond donors (Lipinski definition) is 0. The zero-order chi connectivity index (χ0) is 38.0. The minimum atomic E-state index is 0.284. The molecule has 3 saturated carbocycles. The molecule has 3 aliphatic rings. The van der Waals surface area contributed by atoms with Gasteiger partial charge < -0.3 is 0 Å². The SMILES string of the molecule is C=CC(C)C1(CC2CC(CCC(C)C)(CCC(C)(C)CC(C)(CC(C=CC)(CC)CC)C(CC)(CC)C(C)C(C)C)C2)CC1C1CC1(C)CC. The molecular formula is C50H92. The van der Waals surface area contributed by atoms with Gasteiger partial charge in [-0.2, -0.15) is 0 Å². The van der Waals surface area contributed by atoms with Crippen LogP contribution >= 0.6 is 0 Å². The second-order valence-electron chi connectivity index (χ2n) is 21.8. The van der Waals surface area contributed by atoms with E-state index in [9.17, 15) is 0 Å². The van der Waals surface area contributed by atoms with Crippen molar-refractivity contribution in [3.05, 3.63) is 24.8 Å². The summed E-state index contributed by atoms with van der Waals surface area (Å²) in [5.74, 6) is 5.78. The molecule has 3 aliphatic carbocycles.